The number of hydrogen-bond acceptors (Lipinski definition) is 4. The van der Waals surface area contributed by atoms with Gasteiger partial charge >= 0.3 is 0 Å². The minimum Gasteiger partial charge on any atom is -0.383 e. The molecule has 0 unspecified atom stereocenters. The second kappa shape index (κ2) is 7.49. The van der Waals surface area contributed by atoms with Crippen molar-refractivity contribution < 1.29 is 23.1 Å². The quantitative estimate of drug-likeness (QED) is 0.599. The standard InChI is InChI=1S/C12H15F2N3O3/c1-17(7-9(18)15-5-6-20-2)12(19)8-3-4-16-11(14)10(8)13/h3-4H,5-7H2,1-2H3,(H,15,18). The Morgan fingerprint density at radius 3 is 2.80 bits per heavy atom. The van der Waals surface area contributed by atoms with Gasteiger partial charge in [0, 0.05) is 26.9 Å². The third-order valence-corrected chi connectivity index (χ3v) is 2.43. The molecule has 0 saturated heterocycles. The van der Waals surface area contributed by atoms with E-state index in [0.717, 1.165) is 17.2 Å². The van der Waals surface area contributed by atoms with Crippen LogP contribution in [0.2, 0.25) is 0 Å². The van der Waals surface area contributed by atoms with Gasteiger partial charge in [-0.2, -0.15) is 4.39 Å². The highest BCUT2D eigenvalue weighted by Gasteiger charge is 2.20. The maximum Gasteiger partial charge on any atom is 0.257 e. The number of likely N-dealkylation sites (N-methyl/N-ethyl adjacent to an activating group) is 1. The number of methoxy groups -OCH3 is 1. The normalized spacial score (nSPS) is 10.2. The maximum absolute atomic E-state index is 13.4. The highest BCUT2D eigenvalue weighted by molar-refractivity contribution is 5.96. The van der Waals surface area contributed by atoms with Crippen LogP contribution in [0.15, 0.2) is 12.3 Å². The molecule has 1 N–H and O–H groups in total. The van der Waals surface area contributed by atoms with E-state index in [1.165, 1.54) is 14.2 Å². The van der Waals surface area contributed by atoms with E-state index in [2.05, 4.69) is 10.3 Å². The number of pyridine rings is 1. The summed E-state index contributed by atoms with van der Waals surface area (Å²) in [6, 6.07) is 1.06. The first-order valence-corrected chi connectivity index (χ1v) is 5.78. The largest absolute Gasteiger partial charge is 0.383 e. The van der Waals surface area contributed by atoms with Gasteiger partial charge in [0.05, 0.1) is 18.7 Å². The number of aromatic nitrogens is 1. The van der Waals surface area contributed by atoms with E-state index in [4.69, 9.17) is 4.74 Å². The Morgan fingerprint density at radius 2 is 2.15 bits per heavy atom. The molecule has 0 radical (unpaired) electrons. The monoisotopic (exact) mass is 287 g/mol. The minimum atomic E-state index is -1.35. The van der Waals surface area contributed by atoms with Crippen LogP contribution in [0, 0.1) is 11.8 Å². The van der Waals surface area contributed by atoms with Gasteiger partial charge in [0.1, 0.15) is 0 Å². The molecular formula is C12H15F2N3O3. The number of carbonyl (C=O) groups excluding carboxylic acids is 2. The number of amides is 2. The van der Waals surface area contributed by atoms with Gasteiger partial charge in [-0.05, 0) is 6.07 Å². The molecule has 0 saturated carbocycles. The SMILES string of the molecule is COCCNC(=O)CN(C)C(=O)c1ccnc(F)c1F. The van der Waals surface area contributed by atoms with Crippen molar-refractivity contribution in [1.82, 2.24) is 15.2 Å². The van der Waals surface area contributed by atoms with E-state index in [-0.39, 0.29) is 6.54 Å². The van der Waals surface area contributed by atoms with Gasteiger partial charge in [-0.25, -0.2) is 9.37 Å². The fourth-order valence-corrected chi connectivity index (χ4v) is 1.42. The maximum atomic E-state index is 13.4. The lowest BCUT2D eigenvalue weighted by atomic mass is 10.2. The van der Waals surface area contributed by atoms with Crippen molar-refractivity contribution in [2.75, 3.05) is 33.9 Å². The summed E-state index contributed by atoms with van der Waals surface area (Å²) in [6.07, 6.45) is 0.984. The molecule has 2 amide bonds. The van der Waals surface area contributed by atoms with Crippen molar-refractivity contribution in [3.8, 4) is 0 Å². The number of hydrogen-bond donors (Lipinski definition) is 1. The molecule has 0 aliphatic carbocycles. The second-order valence-electron chi connectivity index (χ2n) is 3.97. The number of halogens is 2. The second-order valence-corrected chi connectivity index (χ2v) is 3.97. The zero-order valence-electron chi connectivity index (χ0n) is 11.2. The zero-order valence-corrected chi connectivity index (χ0v) is 11.2. The van der Waals surface area contributed by atoms with Crippen LogP contribution in [0.1, 0.15) is 10.4 Å². The van der Waals surface area contributed by atoms with E-state index in [9.17, 15) is 18.4 Å². The Balaban J connectivity index is 2.63. The average molecular weight is 287 g/mol. The predicted octanol–water partition coefficient (Wildman–Crippen LogP) is 0.194. The van der Waals surface area contributed by atoms with E-state index in [1.807, 2.05) is 0 Å². The molecule has 0 aliphatic rings. The lowest BCUT2D eigenvalue weighted by Gasteiger charge is -2.17. The Morgan fingerprint density at radius 1 is 1.45 bits per heavy atom. The zero-order chi connectivity index (χ0) is 15.1. The van der Waals surface area contributed by atoms with Crippen LogP contribution in [-0.4, -0.2) is 55.6 Å². The molecule has 0 aromatic carbocycles. The van der Waals surface area contributed by atoms with Gasteiger partial charge in [0.25, 0.3) is 5.91 Å². The van der Waals surface area contributed by atoms with Crippen LogP contribution in [0.5, 0.6) is 0 Å². The van der Waals surface area contributed by atoms with Crippen molar-refractivity contribution in [3.63, 3.8) is 0 Å². The van der Waals surface area contributed by atoms with Crippen molar-refractivity contribution in [2.24, 2.45) is 0 Å². The molecule has 8 heteroatoms. The molecule has 110 valence electrons. The van der Waals surface area contributed by atoms with Crippen molar-refractivity contribution >= 4 is 11.8 Å². The summed E-state index contributed by atoms with van der Waals surface area (Å²) >= 11 is 0. The average Bonchev–Trinajstić information content (AvgIpc) is 2.41. The molecule has 0 bridgehead atoms. The molecule has 20 heavy (non-hydrogen) atoms. The first-order valence-electron chi connectivity index (χ1n) is 5.78. The number of carbonyl (C=O) groups is 2. The minimum absolute atomic E-state index is 0.272. The van der Waals surface area contributed by atoms with Gasteiger partial charge in [0.2, 0.25) is 11.9 Å². The Bertz CT molecular complexity index is 497. The number of nitrogens with zero attached hydrogens (tertiary/aromatic N) is 2. The summed E-state index contributed by atoms with van der Waals surface area (Å²) in [7, 11) is 2.80. The summed E-state index contributed by atoms with van der Waals surface area (Å²) < 4.78 is 31.1. The number of ether oxygens (including phenoxy) is 1. The highest BCUT2D eigenvalue weighted by Crippen LogP contribution is 2.10. The predicted molar refractivity (Wildman–Crippen MR) is 66.0 cm³/mol. The van der Waals surface area contributed by atoms with Crippen molar-refractivity contribution in [3.05, 3.63) is 29.6 Å². The molecule has 0 aliphatic heterocycles. The third-order valence-electron chi connectivity index (χ3n) is 2.43. The molecule has 1 aromatic rings. The molecule has 0 atom stereocenters. The highest BCUT2D eigenvalue weighted by atomic mass is 19.2. The van der Waals surface area contributed by atoms with Crippen LogP contribution in [-0.2, 0) is 9.53 Å². The summed E-state index contributed by atoms with van der Waals surface area (Å²) in [4.78, 5) is 27.4. The van der Waals surface area contributed by atoms with Gasteiger partial charge in [-0.3, -0.25) is 9.59 Å². The fourth-order valence-electron chi connectivity index (χ4n) is 1.42. The lowest BCUT2D eigenvalue weighted by Crippen LogP contribution is -2.39. The molecule has 6 nitrogen and oxygen atoms in total. The summed E-state index contributed by atoms with van der Waals surface area (Å²) in [5.41, 5.74) is -0.468. The van der Waals surface area contributed by atoms with Crippen LogP contribution >= 0.6 is 0 Å². The summed E-state index contributed by atoms with van der Waals surface area (Å²) in [5, 5.41) is 2.51. The summed E-state index contributed by atoms with van der Waals surface area (Å²) in [6.45, 7) is 0.370. The summed E-state index contributed by atoms with van der Waals surface area (Å²) in [5.74, 6) is -3.91. The fraction of sp³-hybridized carbons (Fsp3) is 0.417. The molecular weight excluding hydrogens is 272 g/mol. The van der Waals surface area contributed by atoms with Gasteiger partial charge < -0.3 is 15.0 Å². The van der Waals surface area contributed by atoms with Crippen molar-refractivity contribution in [2.45, 2.75) is 0 Å². The van der Waals surface area contributed by atoms with Crippen LogP contribution in [0.25, 0.3) is 0 Å². The third kappa shape index (κ3) is 4.23. The lowest BCUT2D eigenvalue weighted by molar-refractivity contribution is -0.121. The number of nitrogens with one attached hydrogen (secondary N) is 1. The first kappa shape index (κ1) is 16.0. The topological polar surface area (TPSA) is 71.5 Å². The number of rotatable bonds is 6. The van der Waals surface area contributed by atoms with Gasteiger partial charge in [0.15, 0.2) is 5.82 Å². The molecule has 1 heterocycles. The first-order chi connectivity index (χ1) is 9.47. The van der Waals surface area contributed by atoms with Crippen LogP contribution in [0.3, 0.4) is 0 Å². The van der Waals surface area contributed by atoms with E-state index in [0.29, 0.717) is 13.2 Å². The van der Waals surface area contributed by atoms with E-state index < -0.39 is 29.1 Å². The Kier molecular flexibility index (Phi) is 5.98. The van der Waals surface area contributed by atoms with Crippen LogP contribution in [0.4, 0.5) is 8.78 Å². The Labute approximate surface area is 114 Å². The molecule has 0 fully saturated rings. The Hall–Kier alpha value is -2.09. The molecule has 0 spiro atoms. The van der Waals surface area contributed by atoms with Gasteiger partial charge in [-0.15, -0.1) is 0 Å². The van der Waals surface area contributed by atoms with Crippen LogP contribution < -0.4 is 5.32 Å². The molecule has 1 aromatic heterocycles. The smallest absolute Gasteiger partial charge is 0.257 e. The van der Waals surface area contributed by atoms with Crippen molar-refractivity contribution in [1.29, 1.82) is 0 Å². The van der Waals surface area contributed by atoms with Gasteiger partial charge in [-0.1, -0.05) is 0 Å². The molecule has 1 rings (SSSR count). The van der Waals surface area contributed by atoms with E-state index >= 15 is 0 Å². The van der Waals surface area contributed by atoms with E-state index in [1.54, 1.807) is 0 Å².